The molecule has 0 aliphatic heterocycles. The van der Waals surface area contributed by atoms with Gasteiger partial charge in [-0.3, -0.25) is 0 Å². The fourth-order valence-electron chi connectivity index (χ4n) is 8.83. The van der Waals surface area contributed by atoms with Crippen LogP contribution in [0.4, 0.5) is 0 Å². The summed E-state index contributed by atoms with van der Waals surface area (Å²) >= 11 is 0. The number of ether oxygens (including phenoxy) is 8. The van der Waals surface area contributed by atoms with Gasteiger partial charge in [-0.1, -0.05) is 71.4 Å². The smallest absolute Gasteiger partial charge is 0.333 e. The lowest BCUT2D eigenvalue weighted by molar-refractivity contribution is -0.140. The Bertz CT molecular complexity index is 2520. The van der Waals surface area contributed by atoms with Gasteiger partial charge in [0, 0.05) is 34.1 Å². The molecule has 2 aliphatic rings. The summed E-state index contributed by atoms with van der Waals surface area (Å²) < 4.78 is 46.2. The number of carbonyl (C=O) groups is 4. The monoisotopic (exact) mass is 912 g/mol. The fourth-order valence-corrected chi connectivity index (χ4v) is 8.83. The molecule has 67 heavy (non-hydrogen) atoms. The molecule has 2 atom stereocenters. The average Bonchev–Trinajstić information content (AvgIpc) is 3.38. The third-order valence-corrected chi connectivity index (χ3v) is 12.1. The minimum absolute atomic E-state index is 0.0463. The summed E-state index contributed by atoms with van der Waals surface area (Å²) in [7, 11) is 0. The minimum atomic E-state index is -0.800. The Hall–Kier alpha value is -7.08. The zero-order valence-electron chi connectivity index (χ0n) is 39.5. The largest absolute Gasteiger partial charge is 0.490 e. The van der Waals surface area contributed by atoms with E-state index in [0.29, 0.717) is 45.3 Å². The predicted octanol–water partition coefficient (Wildman–Crippen LogP) is 9.75. The number of rotatable bonds is 20. The first-order valence-corrected chi connectivity index (χ1v) is 22.3. The third-order valence-electron chi connectivity index (χ3n) is 12.1. The second kappa shape index (κ2) is 21.5. The molecule has 4 aromatic carbocycles. The normalized spacial score (nSPS) is 17.4. The fraction of sp³-hybridized carbons (Fsp3) is 0.345. The van der Waals surface area contributed by atoms with E-state index in [4.69, 9.17) is 37.9 Å². The van der Waals surface area contributed by atoms with E-state index in [9.17, 15) is 19.2 Å². The number of benzene rings is 4. The van der Waals surface area contributed by atoms with Gasteiger partial charge in [-0.15, -0.1) is 0 Å². The summed E-state index contributed by atoms with van der Waals surface area (Å²) in [5, 5.41) is 0. The van der Waals surface area contributed by atoms with Gasteiger partial charge in [0.1, 0.15) is 75.9 Å². The molecule has 12 nitrogen and oxygen atoms in total. The van der Waals surface area contributed by atoms with E-state index in [-0.39, 0.29) is 70.6 Å². The molecule has 0 bridgehead atoms. The van der Waals surface area contributed by atoms with Crippen molar-refractivity contribution in [3.05, 3.63) is 166 Å². The first-order chi connectivity index (χ1) is 31.9. The summed E-state index contributed by atoms with van der Waals surface area (Å²) in [5.41, 5.74) is 8.91. The highest BCUT2D eigenvalue weighted by Gasteiger charge is 2.52. The van der Waals surface area contributed by atoms with Crippen LogP contribution in [0.1, 0.15) is 111 Å². The van der Waals surface area contributed by atoms with Crippen molar-refractivity contribution in [2.45, 2.75) is 71.6 Å². The van der Waals surface area contributed by atoms with Crippen LogP contribution in [-0.2, 0) is 43.5 Å². The number of esters is 4. The lowest BCUT2D eigenvalue weighted by Gasteiger charge is -2.48. The van der Waals surface area contributed by atoms with Crippen LogP contribution in [0, 0.1) is 0 Å². The van der Waals surface area contributed by atoms with Gasteiger partial charge in [-0.25, -0.2) is 19.2 Å². The molecular formula is C55H60O12. The molecule has 0 amide bonds. The van der Waals surface area contributed by atoms with E-state index < -0.39 is 29.3 Å². The maximum absolute atomic E-state index is 12.1. The Kier molecular flexibility index (Phi) is 15.8. The summed E-state index contributed by atoms with van der Waals surface area (Å²) in [6.45, 7) is 28.4. The first kappa shape index (κ1) is 49.4. The van der Waals surface area contributed by atoms with Crippen LogP contribution < -0.4 is 18.9 Å². The summed E-state index contributed by atoms with van der Waals surface area (Å²) in [4.78, 5) is 48.4. The molecule has 0 heterocycles. The maximum atomic E-state index is 12.1. The van der Waals surface area contributed by atoms with Gasteiger partial charge in [-0.2, -0.15) is 0 Å². The Morgan fingerprint density at radius 3 is 0.970 bits per heavy atom. The minimum Gasteiger partial charge on any atom is -0.490 e. The molecule has 352 valence electrons. The zero-order valence-corrected chi connectivity index (χ0v) is 39.5. The van der Waals surface area contributed by atoms with Crippen LogP contribution in [-0.4, -0.2) is 76.7 Å². The highest BCUT2D eigenvalue weighted by molar-refractivity contribution is 5.88. The molecule has 0 radical (unpaired) electrons. The standard InChI is InChI=1S/C55H60O12/c1-32(2)51(56)64-24-20-60-39-12-16-43-38(11)55(48-17-13-40(29-45(48)36(9)44(43)28-39)61-21-25-65-52(57)33(3)4)49-18-14-41(62-22-26-66-53(58)34(5)6)30-46(49)37(10)47-31-42(15-19-50(47)55)63-23-27-67-54(59)35(7)8/h12-19,28-31,36-38H,1,3,5,7,20-27H2,2,4,6,8-11H3. The topological polar surface area (TPSA) is 142 Å². The van der Waals surface area contributed by atoms with Gasteiger partial charge >= 0.3 is 23.9 Å². The molecule has 4 aromatic rings. The molecule has 1 spiro atoms. The first-order valence-electron chi connectivity index (χ1n) is 22.3. The molecular weight excluding hydrogens is 853 g/mol. The summed E-state index contributed by atoms with van der Waals surface area (Å²) in [6.07, 6.45) is 0. The van der Waals surface area contributed by atoms with E-state index >= 15 is 0 Å². The van der Waals surface area contributed by atoms with Crippen molar-refractivity contribution in [3.63, 3.8) is 0 Å². The van der Waals surface area contributed by atoms with Gasteiger partial charge in [-0.05, 0) is 127 Å². The maximum Gasteiger partial charge on any atom is 0.333 e. The summed E-state index contributed by atoms with van der Waals surface area (Å²) in [6, 6.07) is 24.7. The third kappa shape index (κ3) is 10.8. The Balaban J connectivity index is 1.49. The van der Waals surface area contributed by atoms with Crippen LogP contribution in [0.2, 0.25) is 0 Å². The molecule has 0 fully saturated rings. The van der Waals surface area contributed by atoms with Crippen molar-refractivity contribution in [3.8, 4) is 23.0 Å². The van der Waals surface area contributed by atoms with Gasteiger partial charge < -0.3 is 37.9 Å². The highest BCUT2D eigenvalue weighted by atomic mass is 16.6. The highest BCUT2D eigenvalue weighted by Crippen LogP contribution is 2.61. The van der Waals surface area contributed by atoms with Crippen molar-refractivity contribution >= 4 is 23.9 Å². The number of hydrogen-bond acceptors (Lipinski definition) is 12. The van der Waals surface area contributed by atoms with Crippen molar-refractivity contribution in [1.29, 1.82) is 0 Å². The number of fused-ring (bicyclic) bond motifs is 7. The molecule has 0 saturated carbocycles. The molecule has 0 aromatic heterocycles. The van der Waals surface area contributed by atoms with E-state index in [0.717, 1.165) is 44.5 Å². The zero-order chi connectivity index (χ0) is 48.6. The van der Waals surface area contributed by atoms with E-state index in [1.807, 2.05) is 24.3 Å². The Morgan fingerprint density at radius 1 is 0.403 bits per heavy atom. The van der Waals surface area contributed by atoms with E-state index in [1.54, 1.807) is 27.7 Å². The van der Waals surface area contributed by atoms with Crippen LogP contribution in [0.5, 0.6) is 23.0 Å². The van der Waals surface area contributed by atoms with Crippen LogP contribution in [0.25, 0.3) is 0 Å². The second-order valence-corrected chi connectivity index (χ2v) is 17.1. The van der Waals surface area contributed by atoms with Crippen molar-refractivity contribution in [2.75, 3.05) is 52.9 Å². The van der Waals surface area contributed by atoms with Crippen molar-refractivity contribution in [1.82, 2.24) is 0 Å². The Labute approximate surface area is 393 Å². The van der Waals surface area contributed by atoms with Crippen LogP contribution >= 0.6 is 0 Å². The van der Waals surface area contributed by atoms with E-state index in [1.165, 1.54) is 0 Å². The lowest BCUT2D eigenvalue weighted by Crippen LogP contribution is -2.40. The molecule has 6 rings (SSSR count). The molecule has 0 saturated heterocycles. The van der Waals surface area contributed by atoms with Gasteiger partial charge in [0.15, 0.2) is 0 Å². The van der Waals surface area contributed by atoms with Gasteiger partial charge in [0.2, 0.25) is 0 Å². The molecule has 0 N–H and O–H groups in total. The quantitative estimate of drug-likeness (QED) is 0.0361. The van der Waals surface area contributed by atoms with Gasteiger partial charge in [0.05, 0.1) is 5.41 Å². The van der Waals surface area contributed by atoms with Gasteiger partial charge in [0.25, 0.3) is 0 Å². The van der Waals surface area contributed by atoms with Crippen LogP contribution in [0.3, 0.4) is 0 Å². The van der Waals surface area contributed by atoms with Crippen molar-refractivity contribution in [2.24, 2.45) is 0 Å². The average molecular weight is 913 g/mol. The summed E-state index contributed by atoms with van der Waals surface area (Å²) in [5.74, 6) is 0.0340. The molecule has 12 heteroatoms. The second-order valence-electron chi connectivity index (χ2n) is 17.1. The lowest BCUT2D eigenvalue weighted by atomic mass is 9.54. The van der Waals surface area contributed by atoms with E-state index in [2.05, 4.69) is 95.6 Å². The SMILES string of the molecule is C=C(C)C(=O)OCCOc1ccc2c(c1)C(C)c1cc(OCCOC(=O)C(=C)C)ccc1C1(c3ccc(OCCOC(=O)C(=C)C)cc3C(C)c3cc(OCCOC(=O)C(=C)C)ccc31)C2C. The molecule has 2 aliphatic carbocycles. The number of hydrogen-bond donors (Lipinski definition) is 0. The predicted molar refractivity (Wildman–Crippen MR) is 254 cm³/mol. The molecule has 2 unspecified atom stereocenters. The van der Waals surface area contributed by atoms with Crippen LogP contribution in [0.15, 0.2) is 121 Å². The van der Waals surface area contributed by atoms with Crippen molar-refractivity contribution < 1.29 is 57.1 Å². The number of carbonyl (C=O) groups excluding carboxylic acids is 4. The Morgan fingerprint density at radius 2 is 0.672 bits per heavy atom.